The Labute approximate surface area is 70.0 Å². The SMILES string of the molecule is CCc1cncc(N)c1C(=O)O. The lowest BCUT2D eigenvalue weighted by Gasteiger charge is -2.04. The average Bonchev–Trinajstić information content (AvgIpc) is 2.03. The minimum atomic E-state index is -0.994. The molecule has 0 aliphatic heterocycles. The van der Waals surface area contributed by atoms with E-state index in [1.165, 1.54) is 12.4 Å². The normalized spacial score (nSPS) is 9.75. The summed E-state index contributed by atoms with van der Waals surface area (Å²) >= 11 is 0. The number of carbonyl (C=O) groups is 1. The number of nitrogens with two attached hydrogens (primary N) is 1. The molecule has 0 bridgehead atoms. The predicted molar refractivity (Wildman–Crippen MR) is 45.0 cm³/mol. The largest absolute Gasteiger partial charge is 0.478 e. The average molecular weight is 166 g/mol. The van der Waals surface area contributed by atoms with E-state index in [9.17, 15) is 4.79 Å². The number of anilines is 1. The third-order valence-corrected chi connectivity index (χ3v) is 1.65. The van der Waals surface area contributed by atoms with Crippen molar-refractivity contribution in [3.05, 3.63) is 23.5 Å². The van der Waals surface area contributed by atoms with Crippen molar-refractivity contribution in [3.63, 3.8) is 0 Å². The van der Waals surface area contributed by atoms with E-state index in [1.54, 1.807) is 0 Å². The molecule has 1 aromatic heterocycles. The van der Waals surface area contributed by atoms with Gasteiger partial charge >= 0.3 is 5.97 Å². The smallest absolute Gasteiger partial charge is 0.338 e. The van der Waals surface area contributed by atoms with Crippen LogP contribution in [0.2, 0.25) is 0 Å². The molecule has 0 saturated heterocycles. The van der Waals surface area contributed by atoms with Gasteiger partial charge in [-0.05, 0) is 12.0 Å². The topological polar surface area (TPSA) is 76.2 Å². The van der Waals surface area contributed by atoms with Crippen LogP contribution >= 0.6 is 0 Å². The summed E-state index contributed by atoms with van der Waals surface area (Å²) < 4.78 is 0. The maximum atomic E-state index is 10.7. The molecule has 64 valence electrons. The number of aromatic nitrogens is 1. The molecule has 0 saturated carbocycles. The van der Waals surface area contributed by atoms with Gasteiger partial charge in [-0.2, -0.15) is 0 Å². The third-order valence-electron chi connectivity index (χ3n) is 1.65. The second-order valence-corrected chi connectivity index (χ2v) is 2.42. The lowest BCUT2D eigenvalue weighted by Crippen LogP contribution is -2.07. The Morgan fingerprint density at radius 1 is 1.67 bits per heavy atom. The quantitative estimate of drug-likeness (QED) is 0.685. The van der Waals surface area contributed by atoms with Crippen LogP contribution in [0.25, 0.3) is 0 Å². The van der Waals surface area contributed by atoms with Crippen LogP contribution in [-0.4, -0.2) is 16.1 Å². The van der Waals surface area contributed by atoms with Crippen LogP contribution in [0.3, 0.4) is 0 Å². The van der Waals surface area contributed by atoms with E-state index in [0.717, 1.165) is 0 Å². The number of rotatable bonds is 2. The van der Waals surface area contributed by atoms with Gasteiger partial charge in [0.2, 0.25) is 0 Å². The summed E-state index contributed by atoms with van der Waals surface area (Å²) in [5.41, 5.74) is 6.52. The monoisotopic (exact) mass is 166 g/mol. The van der Waals surface area contributed by atoms with Gasteiger partial charge in [-0.3, -0.25) is 4.98 Å². The fourth-order valence-electron chi connectivity index (χ4n) is 1.05. The molecule has 1 aromatic rings. The molecule has 0 amide bonds. The Hall–Kier alpha value is -1.58. The summed E-state index contributed by atoms with van der Waals surface area (Å²) in [6, 6.07) is 0. The highest BCUT2D eigenvalue weighted by Crippen LogP contribution is 2.15. The number of pyridine rings is 1. The molecule has 1 rings (SSSR count). The fraction of sp³-hybridized carbons (Fsp3) is 0.250. The van der Waals surface area contributed by atoms with E-state index in [0.29, 0.717) is 12.0 Å². The molecule has 3 N–H and O–H groups in total. The third kappa shape index (κ3) is 1.37. The number of carboxylic acid groups (broad SMARTS) is 1. The van der Waals surface area contributed by atoms with Crippen molar-refractivity contribution in [2.45, 2.75) is 13.3 Å². The number of aromatic carboxylic acids is 1. The molecule has 0 aliphatic rings. The molecule has 1 heterocycles. The van der Waals surface area contributed by atoms with Crippen LogP contribution in [0.5, 0.6) is 0 Å². The highest BCUT2D eigenvalue weighted by Gasteiger charge is 2.12. The van der Waals surface area contributed by atoms with Crippen molar-refractivity contribution in [2.24, 2.45) is 0 Å². The van der Waals surface area contributed by atoms with Crippen LogP contribution in [0.15, 0.2) is 12.4 Å². The standard InChI is InChI=1S/C8H10N2O2/c1-2-5-3-10-4-6(9)7(5)8(11)12/h3-4H,2,9H2,1H3,(H,11,12). The molecule has 0 aromatic carbocycles. The molecule has 0 atom stereocenters. The van der Waals surface area contributed by atoms with E-state index in [2.05, 4.69) is 4.98 Å². The minimum Gasteiger partial charge on any atom is -0.478 e. The highest BCUT2D eigenvalue weighted by molar-refractivity contribution is 5.94. The first-order valence-electron chi connectivity index (χ1n) is 3.62. The van der Waals surface area contributed by atoms with Gasteiger partial charge in [-0.1, -0.05) is 6.92 Å². The van der Waals surface area contributed by atoms with Crippen LogP contribution < -0.4 is 5.73 Å². The summed E-state index contributed by atoms with van der Waals surface area (Å²) in [6.45, 7) is 1.86. The van der Waals surface area contributed by atoms with E-state index in [1.807, 2.05) is 6.92 Å². The van der Waals surface area contributed by atoms with Crippen LogP contribution in [0.4, 0.5) is 5.69 Å². The Morgan fingerprint density at radius 2 is 2.33 bits per heavy atom. The van der Waals surface area contributed by atoms with Gasteiger partial charge in [0.25, 0.3) is 0 Å². The maximum Gasteiger partial charge on any atom is 0.338 e. The summed E-state index contributed by atoms with van der Waals surface area (Å²) in [6.07, 6.45) is 3.50. The van der Waals surface area contributed by atoms with Gasteiger partial charge in [-0.25, -0.2) is 4.79 Å². The minimum absolute atomic E-state index is 0.174. The van der Waals surface area contributed by atoms with Gasteiger partial charge in [0.15, 0.2) is 0 Å². The first kappa shape index (κ1) is 8.52. The molecule has 12 heavy (non-hydrogen) atoms. The Kier molecular flexibility index (Phi) is 2.28. The summed E-state index contributed by atoms with van der Waals surface area (Å²) in [5, 5.41) is 8.77. The number of nitrogens with zero attached hydrogens (tertiary/aromatic N) is 1. The number of hydrogen-bond donors (Lipinski definition) is 2. The first-order valence-corrected chi connectivity index (χ1v) is 3.62. The number of carboxylic acids is 1. The summed E-state index contributed by atoms with van der Waals surface area (Å²) in [4.78, 5) is 14.5. The van der Waals surface area contributed by atoms with E-state index in [-0.39, 0.29) is 11.3 Å². The van der Waals surface area contributed by atoms with Gasteiger partial charge in [0.05, 0.1) is 17.4 Å². The van der Waals surface area contributed by atoms with Crippen molar-refractivity contribution < 1.29 is 9.90 Å². The van der Waals surface area contributed by atoms with Crippen molar-refractivity contribution in [2.75, 3.05) is 5.73 Å². The van der Waals surface area contributed by atoms with Gasteiger partial charge in [0.1, 0.15) is 0 Å². The second-order valence-electron chi connectivity index (χ2n) is 2.42. The fourth-order valence-corrected chi connectivity index (χ4v) is 1.05. The van der Waals surface area contributed by atoms with Crippen LogP contribution in [0, 0.1) is 0 Å². The van der Waals surface area contributed by atoms with Crippen molar-refractivity contribution >= 4 is 11.7 Å². The number of hydrogen-bond acceptors (Lipinski definition) is 3. The molecule has 0 radical (unpaired) electrons. The Balaban J connectivity index is 3.29. The zero-order valence-corrected chi connectivity index (χ0v) is 6.74. The molecule has 4 heteroatoms. The second kappa shape index (κ2) is 3.21. The molecule has 0 spiro atoms. The molecular formula is C8H10N2O2. The number of nitrogen functional groups attached to an aromatic ring is 1. The Morgan fingerprint density at radius 3 is 2.75 bits per heavy atom. The van der Waals surface area contributed by atoms with Gasteiger partial charge in [-0.15, -0.1) is 0 Å². The van der Waals surface area contributed by atoms with E-state index < -0.39 is 5.97 Å². The summed E-state index contributed by atoms with van der Waals surface area (Å²) in [5.74, 6) is -0.994. The van der Waals surface area contributed by atoms with Crippen LogP contribution in [-0.2, 0) is 6.42 Å². The van der Waals surface area contributed by atoms with Crippen molar-refractivity contribution in [1.29, 1.82) is 0 Å². The maximum absolute atomic E-state index is 10.7. The van der Waals surface area contributed by atoms with E-state index >= 15 is 0 Å². The lowest BCUT2D eigenvalue weighted by atomic mass is 10.1. The predicted octanol–water partition coefficient (Wildman–Crippen LogP) is 0.924. The van der Waals surface area contributed by atoms with Crippen molar-refractivity contribution in [3.8, 4) is 0 Å². The van der Waals surface area contributed by atoms with Crippen molar-refractivity contribution in [1.82, 2.24) is 4.98 Å². The molecular weight excluding hydrogens is 156 g/mol. The first-order chi connectivity index (χ1) is 5.66. The van der Waals surface area contributed by atoms with Gasteiger partial charge < -0.3 is 10.8 Å². The zero-order chi connectivity index (χ0) is 9.14. The van der Waals surface area contributed by atoms with Crippen LogP contribution in [0.1, 0.15) is 22.8 Å². The molecule has 0 unspecified atom stereocenters. The zero-order valence-electron chi connectivity index (χ0n) is 6.74. The summed E-state index contributed by atoms with van der Waals surface area (Å²) in [7, 11) is 0. The molecule has 4 nitrogen and oxygen atoms in total. The highest BCUT2D eigenvalue weighted by atomic mass is 16.4. The van der Waals surface area contributed by atoms with E-state index in [4.69, 9.17) is 10.8 Å². The van der Waals surface area contributed by atoms with Gasteiger partial charge in [0, 0.05) is 6.20 Å². The Bertz CT molecular complexity index is 310. The number of aryl methyl sites for hydroxylation is 1. The lowest BCUT2D eigenvalue weighted by molar-refractivity contribution is 0.0697. The molecule has 0 aliphatic carbocycles. The molecule has 0 fully saturated rings.